The molecule has 2 bridgehead atoms. The fourth-order valence-corrected chi connectivity index (χ4v) is 4.12. The Balaban J connectivity index is 1.55. The van der Waals surface area contributed by atoms with Crippen molar-refractivity contribution in [1.82, 2.24) is 10.2 Å². The number of fused-ring (bicyclic) bond motifs is 2. The molecule has 1 aromatic rings. The van der Waals surface area contributed by atoms with E-state index in [1.807, 2.05) is 0 Å². The minimum Gasteiger partial charge on any atom is -0.362 e. The zero-order valence-electron chi connectivity index (χ0n) is 11.5. The van der Waals surface area contributed by atoms with Crippen LogP contribution in [0, 0.1) is 0 Å². The molecule has 1 unspecified atom stereocenters. The minimum absolute atomic E-state index is 0.240. The van der Waals surface area contributed by atoms with E-state index in [9.17, 15) is 0 Å². The first-order chi connectivity index (χ1) is 9.26. The normalized spacial score (nSPS) is 37.4. The molecule has 1 spiro atoms. The van der Waals surface area contributed by atoms with Gasteiger partial charge < -0.3 is 10.2 Å². The lowest BCUT2D eigenvalue weighted by atomic mass is 9.83. The highest BCUT2D eigenvalue weighted by molar-refractivity contribution is 6.00. The maximum Gasteiger partial charge on any atom is 0.128 e. The Morgan fingerprint density at radius 1 is 1.16 bits per heavy atom. The molecule has 1 aromatic carbocycles. The molecule has 0 radical (unpaired) electrons. The molecule has 19 heavy (non-hydrogen) atoms. The summed E-state index contributed by atoms with van der Waals surface area (Å²) in [6.45, 7) is 0.956. The van der Waals surface area contributed by atoms with Crippen molar-refractivity contribution in [2.75, 3.05) is 13.6 Å². The predicted octanol–water partition coefficient (Wildman–Crippen LogP) is 2.03. The summed E-state index contributed by atoms with van der Waals surface area (Å²) in [6.07, 6.45) is 5.23. The Hall–Kier alpha value is -1.35. The van der Waals surface area contributed by atoms with E-state index >= 15 is 0 Å². The number of benzene rings is 1. The van der Waals surface area contributed by atoms with Gasteiger partial charge in [-0.05, 0) is 32.7 Å². The number of nitrogens with zero attached hydrogens (tertiary/aromatic N) is 2. The van der Waals surface area contributed by atoms with Crippen molar-refractivity contribution in [2.45, 2.75) is 43.3 Å². The molecule has 3 atom stereocenters. The van der Waals surface area contributed by atoms with Crippen LogP contribution < -0.4 is 5.32 Å². The van der Waals surface area contributed by atoms with Crippen molar-refractivity contribution in [3.63, 3.8) is 0 Å². The van der Waals surface area contributed by atoms with Crippen LogP contribution in [-0.2, 0) is 0 Å². The van der Waals surface area contributed by atoms with Gasteiger partial charge in [-0.15, -0.1) is 0 Å². The van der Waals surface area contributed by atoms with Gasteiger partial charge in [0.1, 0.15) is 5.84 Å². The number of nitrogens with one attached hydrogen (secondary N) is 1. The first-order valence-electron chi connectivity index (χ1n) is 7.36. The van der Waals surface area contributed by atoms with E-state index in [1.54, 1.807) is 0 Å². The largest absolute Gasteiger partial charge is 0.362 e. The second kappa shape index (κ2) is 4.07. The third kappa shape index (κ3) is 1.79. The highest BCUT2D eigenvalue weighted by Gasteiger charge is 2.48. The number of amidine groups is 1. The molecule has 0 aliphatic carbocycles. The van der Waals surface area contributed by atoms with E-state index in [4.69, 9.17) is 4.99 Å². The lowest BCUT2D eigenvalue weighted by molar-refractivity contribution is 0.111. The van der Waals surface area contributed by atoms with Gasteiger partial charge in [0, 0.05) is 17.6 Å². The summed E-state index contributed by atoms with van der Waals surface area (Å²) in [4.78, 5) is 7.38. The zero-order valence-corrected chi connectivity index (χ0v) is 11.5. The number of rotatable bonds is 1. The molecular formula is C16H21N3. The molecule has 0 aromatic heterocycles. The molecule has 3 heterocycles. The molecule has 100 valence electrons. The first-order valence-corrected chi connectivity index (χ1v) is 7.36. The van der Waals surface area contributed by atoms with E-state index in [0.29, 0.717) is 0 Å². The zero-order chi connectivity index (χ0) is 12.9. The summed E-state index contributed by atoms with van der Waals surface area (Å²) in [6, 6.07) is 12.0. The van der Waals surface area contributed by atoms with Gasteiger partial charge in [0.2, 0.25) is 0 Å². The lowest BCUT2D eigenvalue weighted by Crippen LogP contribution is -2.57. The Bertz CT molecular complexity index is 494. The topological polar surface area (TPSA) is 27.6 Å². The van der Waals surface area contributed by atoms with Crippen LogP contribution in [0.15, 0.2) is 35.3 Å². The van der Waals surface area contributed by atoms with E-state index < -0.39 is 0 Å². The number of hydrogen-bond donors (Lipinski definition) is 1. The van der Waals surface area contributed by atoms with Crippen molar-refractivity contribution in [1.29, 1.82) is 0 Å². The third-order valence-corrected chi connectivity index (χ3v) is 5.21. The summed E-state index contributed by atoms with van der Waals surface area (Å²) >= 11 is 0. The highest BCUT2D eigenvalue weighted by Crippen LogP contribution is 2.41. The number of hydrogen-bond acceptors (Lipinski definition) is 3. The van der Waals surface area contributed by atoms with E-state index in [1.165, 1.54) is 31.2 Å². The van der Waals surface area contributed by atoms with Crippen LogP contribution in [0.2, 0.25) is 0 Å². The average Bonchev–Trinajstić information content (AvgIpc) is 2.92. The fraction of sp³-hybridized carbons (Fsp3) is 0.562. The van der Waals surface area contributed by atoms with Crippen LogP contribution in [-0.4, -0.2) is 42.0 Å². The molecule has 3 aliphatic heterocycles. The molecule has 2 fully saturated rings. The summed E-state index contributed by atoms with van der Waals surface area (Å²) in [5, 5.41) is 3.77. The second-order valence-electron chi connectivity index (χ2n) is 6.39. The smallest absolute Gasteiger partial charge is 0.128 e. The van der Waals surface area contributed by atoms with Crippen molar-refractivity contribution in [3.8, 4) is 0 Å². The van der Waals surface area contributed by atoms with Crippen molar-refractivity contribution < 1.29 is 0 Å². The minimum atomic E-state index is 0.240. The molecule has 2 saturated heterocycles. The van der Waals surface area contributed by atoms with Crippen LogP contribution in [0.1, 0.15) is 31.2 Å². The van der Waals surface area contributed by atoms with E-state index in [0.717, 1.165) is 24.5 Å². The molecule has 3 heteroatoms. The Morgan fingerprint density at radius 2 is 1.84 bits per heavy atom. The third-order valence-electron chi connectivity index (χ3n) is 5.21. The molecule has 1 N–H and O–H groups in total. The molecule has 0 saturated carbocycles. The average molecular weight is 255 g/mol. The summed E-state index contributed by atoms with van der Waals surface area (Å²) in [5.41, 5.74) is 1.47. The van der Waals surface area contributed by atoms with Gasteiger partial charge in [0.15, 0.2) is 0 Å². The fourth-order valence-electron chi connectivity index (χ4n) is 4.12. The van der Waals surface area contributed by atoms with E-state index in [2.05, 4.69) is 47.6 Å². The summed E-state index contributed by atoms with van der Waals surface area (Å²) < 4.78 is 0. The second-order valence-corrected chi connectivity index (χ2v) is 6.39. The van der Waals surface area contributed by atoms with Gasteiger partial charge >= 0.3 is 0 Å². The summed E-state index contributed by atoms with van der Waals surface area (Å²) in [5.74, 6) is 1.10. The number of aliphatic imine (C=N–C) groups is 1. The molecule has 3 aliphatic rings. The lowest BCUT2D eigenvalue weighted by Gasteiger charge is -2.43. The van der Waals surface area contributed by atoms with Crippen LogP contribution in [0.25, 0.3) is 0 Å². The van der Waals surface area contributed by atoms with Crippen LogP contribution in [0.5, 0.6) is 0 Å². The summed E-state index contributed by atoms with van der Waals surface area (Å²) in [7, 11) is 2.29. The standard InChI is InChI=1S/C16H21N3/c1-19-13-7-8-14(19)10-16(9-13)11-17-15(18-16)12-5-3-2-4-6-12/h2-6,13-14H,7-11H2,1H3,(H,17,18)/t13-,14+,16?. The van der Waals surface area contributed by atoms with Crippen LogP contribution in [0.3, 0.4) is 0 Å². The maximum atomic E-state index is 4.79. The SMILES string of the molecule is CN1[C@@H]2CC[C@H]1CC1(CN=C(c3ccccc3)N1)C2. The monoisotopic (exact) mass is 255 g/mol. The molecule has 3 nitrogen and oxygen atoms in total. The quantitative estimate of drug-likeness (QED) is 0.831. The van der Waals surface area contributed by atoms with Crippen LogP contribution >= 0.6 is 0 Å². The first kappa shape index (κ1) is 11.5. The van der Waals surface area contributed by atoms with Gasteiger partial charge in [-0.25, -0.2) is 0 Å². The van der Waals surface area contributed by atoms with Gasteiger partial charge in [-0.1, -0.05) is 30.3 Å². The number of piperidine rings is 1. The van der Waals surface area contributed by atoms with Gasteiger partial charge in [-0.3, -0.25) is 4.99 Å². The molecular weight excluding hydrogens is 234 g/mol. The Kier molecular flexibility index (Phi) is 2.46. The van der Waals surface area contributed by atoms with Crippen molar-refractivity contribution in [2.24, 2.45) is 4.99 Å². The highest BCUT2D eigenvalue weighted by atomic mass is 15.2. The molecule has 4 rings (SSSR count). The van der Waals surface area contributed by atoms with Crippen molar-refractivity contribution >= 4 is 5.84 Å². The Labute approximate surface area is 114 Å². The van der Waals surface area contributed by atoms with E-state index in [-0.39, 0.29) is 5.54 Å². The van der Waals surface area contributed by atoms with Crippen LogP contribution in [0.4, 0.5) is 0 Å². The maximum absolute atomic E-state index is 4.79. The van der Waals surface area contributed by atoms with Crippen molar-refractivity contribution in [3.05, 3.63) is 35.9 Å². The Morgan fingerprint density at radius 3 is 2.53 bits per heavy atom. The van der Waals surface area contributed by atoms with Gasteiger partial charge in [-0.2, -0.15) is 0 Å². The predicted molar refractivity (Wildman–Crippen MR) is 77.5 cm³/mol. The molecule has 0 amide bonds. The van der Waals surface area contributed by atoms with Gasteiger partial charge in [0.25, 0.3) is 0 Å². The van der Waals surface area contributed by atoms with Gasteiger partial charge in [0.05, 0.1) is 12.1 Å².